The van der Waals surface area contributed by atoms with Crippen LogP contribution in [0.15, 0.2) is 0 Å². The minimum atomic E-state index is -0.0643. The molecule has 0 aromatic heterocycles. The third kappa shape index (κ3) is 8.76. The molecule has 0 saturated carbocycles. The molecular weight excluding hydrogens is 198 g/mol. The smallest absolute Gasteiger partial charge is 0.139 e. The summed E-state index contributed by atoms with van der Waals surface area (Å²) in [5.41, 5.74) is -0.0643. The Labute approximate surface area is 101 Å². The van der Waals surface area contributed by atoms with Gasteiger partial charge in [-0.3, -0.25) is 0 Å². The molecule has 2 heteroatoms. The van der Waals surface area contributed by atoms with E-state index in [2.05, 4.69) is 53.4 Å². The van der Waals surface area contributed by atoms with Gasteiger partial charge < -0.3 is 9.64 Å². The van der Waals surface area contributed by atoms with E-state index < -0.39 is 0 Å². The lowest BCUT2D eigenvalue weighted by Crippen LogP contribution is -3.11. The first-order valence-electron chi connectivity index (χ1n) is 6.36. The van der Waals surface area contributed by atoms with Gasteiger partial charge in [0.1, 0.15) is 6.54 Å². The van der Waals surface area contributed by atoms with E-state index >= 15 is 0 Å². The van der Waals surface area contributed by atoms with Crippen LogP contribution in [0.1, 0.15) is 48.0 Å². The van der Waals surface area contributed by atoms with Crippen LogP contribution in [-0.4, -0.2) is 31.3 Å². The van der Waals surface area contributed by atoms with Gasteiger partial charge >= 0.3 is 0 Å². The zero-order chi connectivity index (χ0) is 12.6. The molecule has 16 heavy (non-hydrogen) atoms. The molecule has 0 unspecified atom stereocenters. The summed E-state index contributed by atoms with van der Waals surface area (Å²) in [6, 6.07) is 0. The summed E-state index contributed by atoms with van der Waals surface area (Å²) in [6.07, 6.45) is 1.05. The molecule has 2 nitrogen and oxygen atoms in total. The number of hydrogen-bond acceptors (Lipinski definition) is 1. The van der Waals surface area contributed by atoms with Crippen LogP contribution in [0.5, 0.6) is 0 Å². The van der Waals surface area contributed by atoms with Crippen molar-refractivity contribution in [2.24, 2.45) is 0 Å². The van der Waals surface area contributed by atoms with Gasteiger partial charge in [0.2, 0.25) is 0 Å². The summed E-state index contributed by atoms with van der Waals surface area (Å²) < 4.78 is 5.79. The SMILES string of the molecule is CC[NH+](CC)CC#CC[C@H](C)OC(C)(C)C. The minimum Gasteiger partial charge on any atom is -0.372 e. The van der Waals surface area contributed by atoms with E-state index in [1.165, 1.54) is 4.90 Å². The average molecular weight is 226 g/mol. The molecule has 0 rings (SSSR count). The lowest BCUT2D eigenvalue weighted by Gasteiger charge is -2.23. The van der Waals surface area contributed by atoms with Gasteiger partial charge in [0, 0.05) is 6.42 Å². The van der Waals surface area contributed by atoms with E-state index in [1.807, 2.05) is 0 Å². The lowest BCUT2D eigenvalue weighted by atomic mass is 10.1. The fourth-order valence-corrected chi connectivity index (χ4v) is 1.55. The molecule has 0 aliphatic heterocycles. The van der Waals surface area contributed by atoms with E-state index in [-0.39, 0.29) is 11.7 Å². The molecular formula is C14H28NO+. The van der Waals surface area contributed by atoms with Crippen molar-refractivity contribution in [3.63, 3.8) is 0 Å². The Bertz CT molecular complexity index is 227. The minimum absolute atomic E-state index is 0.0643. The van der Waals surface area contributed by atoms with Crippen molar-refractivity contribution < 1.29 is 9.64 Å². The monoisotopic (exact) mass is 226 g/mol. The zero-order valence-electron chi connectivity index (χ0n) is 11.8. The van der Waals surface area contributed by atoms with Crippen LogP contribution in [0.25, 0.3) is 0 Å². The highest BCUT2D eigenvalue weighted by Gasteiger charge is 2.13. The van der Waals surface area contributed by atoms with Crippen LogP contribution >= 0.6 is 0 Å². The quantitative estimate of drug-likeness (QED) is 0.702. The van der Waals surface area contributed by atoms with Gasteiger partial charge in [0.15, 0.2) is 0 Å². The van der Waals surface area contributed by atoms with E-state index in [9.17, 15) is 0 Å². The summed E-state index contributed by atoms with van der Waals surface area (Å²) in [4.78, 5) is 1.54. The topological polar surface area (TPSA) is 13.7 Å². The molecule has 0 radical (unpaired) electrons. The molecule has 0 heterocycles. The van der Waals surface area contributed by atoms with Crippen molar-refractivity contribution in [3.05, 3.63) is 0 Å². The Morgan fingerprint density at radius 1 is 1.12 bits per heavy atom. The maximum atomic E-state index is 5.79. The molecule has 0 aromatic carbocycles. The van der Waals surface area contributed by atoms with E-state index in [1.54, 1.807) is 0 Å². The van der Waals surface area contributed by atoms with Crippen LogP contribution < -0.4 is 4.90 Å². The fraction of sp³-hybridized carbons (Fsp3) is 0.857. The molecule has 0 spiro atoms. The van der Waals surface area contributed by atoms with Gasteiger partial charge in [-0.25, -0.2) is 0 Å². The standard InChI is InChI=1S/C14H27NO/c1-7-15(8-2)12-10-9-11-13(3)16-14(4,5)6/h13H,7-8,11-12H2,1-6H3/p+1/t13-/m0/s1. The highest BCUT2D eigenvalue weighted by atomic mass is 16.5. The van der Waals surface area contributed by atoms with Crippen LogP contribution in [-0.2, 0) is 4.74 Å². The fourth-order valence-electron chi connectivity index (χ4n) is 1.55. The molecule has 0 amide bonds. The lowest BCUT2D eigenvalue weighted by molar-refractivity contribution is -0.889. The first kappa shape index (κ1) is 15.5. The molecule has 0 bridgehead atoms. The van der Waals surface area contributed by atoms with Crippen molar-refractivity contribution in [2.45, 2.75) is 59.7 Å². The summed E-state index contributed by atoms with van der Waals surface area (Å²) >= 11 is 0. The Balaban J connectivity index is 3.83. The van der Waals surface area contributed by atoms with Crippen LogP contribution in [0.3, 0.4) is 0 Å². The molecule has 94 valence electrons. The van der Waals surface area contributed by atoms with Crippen LogP contribution in [0.4, 0.5) is 0 Å². The average Bonchev–Trinajstić information content (AvgIpc) is 2.15. The summed E-state index contributed by atoms with van der Waals surface area (Å²) in [7, 11) is 0. The van der Waals surface area contributed by atoms with E-state index in [0.29, 0.717) is 0 Å². The maximum Gasteiger partial charge on any atom is 0.139 e. The Kier molecular flexibility index (Phi) is 7.45. The summed E-state index contributed by atoms with van der Waals surface area (Å²) in [5.74, 6) is 6.45. The normalized spacial score (nSPS) is 13.4. The van der Waals surface area contributed by atoms with Gasteiger partial charge in [-0.2, -0.15) is 0 Å². The number of nitrogens with one attached hydrogen (secondary N) is 1. The van der Waals surface area contributed by atoms with Crippen LogP contribution in [0, 0.1) is 11.8 Å². The molecule has 1 atom stereocenters. The molecule has 1 N–H and O–H groups in total. The molecule has 0 fully saturated rings. The first-order chi connectivity index (χ1) is 7.39. The van der Waals surface area contributed by atoms with Crippen molar-refractivity contribution in [2.75, 3.05) is 19.6 Å². The predicted octanol–water partition coefficient (Wildman–Crippen LogP) is 1.51. The van der Waals surface area contributed by atoms with Crippen molar-refractivity contribution in [1.82, 2.24) is 0 Å². The first-order valence-corrected chi connectivity index (χ1v) is 6.36. The molecule has 0 aliphatic rings. The molecule has 0 saturated heterocycles. The third-order valence-corrected chi connectivity index (χ3v) is 2.41. The second-order valence-electron chi connectivity index (χ2n) is 5.23. The molecule has 0 aliphatic carbocycles. The second-order valence-corrected chi connectivity index (χ2v) is 5.23. The highest BCUT2D eigenvalue weighted by molar-refractivity contribution is 5.00. The van der Waals surface area contributed by atoms with Crippen molar-refractivity contribution in [1.29, 1.82) is 0 Å². The van der Waals surface area contributed by atoms with Gasteiger partial charge in [0.05, 0.1) is 24.8 Å². The number of quaternary nitrogens is 1. The largest absolute Gasteiger partial charge is 0.372 e. The highest BCUT2D eigenvalue weighted by Crippen LogP contribution is 2.11. The van der Waals surface area contributed by atoms with Crippen LogP contribution in [0.2, 0.25) is 0 Å². The number of ether oxygens (including phenoxy) is 1. The van der Waals surface area contributed by atoms with E-state index in [4.69, 9.17) is 4.74 Å². The predicted molar refractivity (Wildman–Crippen MR) is 69.6 cm³/mol. The Hall–Kier alpha value is -0.520. The van der Waals surface area contributed by atoms with Gasteiger partial charge in [-0.1, -0.05) is 5.92 Å². The van der Waals surface area contributed by atoms with Gasteiger partial charge in [-0.05, 0) is 47.5 Å². The van der Waals surface area contributed by atoms with Gasteiger partial charge in [-0.15, -0.1) is 0 Å². The maximum absolute atomic E-state index is 5.79. The zero-order valence-corrected chi connectivity index (χ0v) is 11.8. The van der Waals surface area contributed by atoms with E-state index in [0.717, 1.165) is 26.1 Å². The Morgan fingerprint density at radius 3 is 2.12 bits per heavy atom. The Morgan fingerprint density at radius 2 is 1.69 bits per heavy atom. The number of hydrogen-bond donors (Lipinski definition) is 1. The van der Waals surface area contributed by atoms with Crippen molar-refractivity contribution >= 4 is 0 Å². The summed E-state index contributed by atoms with van der Waals surface area (Å²) in [6.45, 7) is 16.0. The second kappa shape index (κ2) is 7.70. The molecule has 0 aromatic rings. The van der Waals surface area contributed by atoms with Gasteiger partial charge in [0.25, 0.3) is 0 Å². The third-order valence-electron chi connectivity index (χ3n) is 2.41. The van der Waals surface area contributed by atoms with Crippen molar-refractivity contribution in [3.8, 4) is 11.8 Å². The number of rotatable bonds is 5. The summed E-state index contributed by atoms with van der Waals surface area (Å²) in [5, 5.41) is 0.